The lowest BCUT2D eigenvalue weighted by molar-refractivity contribution is 0.449. The molecule has 0 radical (unpaired) electrons. The molecule has 124 valence electrons. The van der Waals surface area contributed by atoms with Gasteiger partial charge >= 0.3 is 0 Å². The van der Waals surface area contributed by atoms with E-state index in [2.05, 4.69) is 20.5 Å². The second kappa shape index (κ2) is 7.75. The Kier molecular flexibility index (Phi) is 5.72. The van der Waals surface area contributed by atoms with Gasteiger partial charge in [-0.2, -0.15) is 10.1 Å². The normalized spacial score (nSPS) is 10.7. The molecule has 1 aromatic heterocycles. The summed E-state index contributed by atoms with van der Waals surface area (Å²) in [6.45, 7) is 5.60. The first kappa shape index (κ1) is 17.0. The van der Waals surface area contributed by atoms with Gasteiger partial charge in [-0.3, -0.25) is 0 Å². The van der Waals surface area contributed by atoms with Crippen LogP contribution in [0, 0.1) is 17.5 Å². The summed E-state index contributed by atoms with van der Waals surface area (Å²) in [6.07, 6.45) is 3.12. The molecule has 0 saturated carbocycles. The molecule has 0 aliphatic heterocycles. The Hall–Kier alpha value is -2.38. The number of rotatable bonds is 7. The fourth-order valence-corrected chi connectivity index (χ4v) is 2.10. The van der Waals surface area contributed by atoms with E-state index >= 15 is 0 Å². The molecule has 5 nitrogen and oxygen atoms in total. The molecule has 1 aromatic carbocycles. The molecular weight excluding hydrogens is 307 g/mol. The van der Waals surface area contributed by atoms with Gasteiger partial charge in [-0.1, -0.05) is 13.8 Å². The maximum absolute atomic E-state index is 13.7. The van der Waals surface area contributed by atoms with Crippen LogP contribution in [0.2, 0.25) is 0 Å². The highest BCUT2D eigenvalue weighted by molar-refractivity contribution is 5.57. The van der Waals surface area contributed by atoms with Crippen molar-refractivity contribution in [1.29, 1.82) is 0 Å². The quantitative estimate of drug-likeness (QED) is 0.787. The standard InChI is InChI=1S/C15H18F3N5/c1-3-7-23(8-4-2)15-21-12(9-19-22-15)20-11-6-5-10(16)13(17)14(11)18/h5-6,9H,3-4,7-8H2,1-2H3,(H,20,21,22). The molecule has 0 aliphatic carbocycles. The summed E-state index contributed by atoms with van der Waals surface area (Å²) < 4.78 is 39.9. The monoisotopic (exact) mass is 325 g/mol. The molecule has 0 spiro atoms. The summed E-state index contributed by atoms with van der Waals surface area (Å²) in [4.78, 5) is 6.22. The van der Waals surface area contributed by atoms with Gasteiger partial charge in [0.15, 0.2) is 23.3 Å². The zero-order valence-electron chi connectivity index (χ0n) is 13.0. The van der Waals surface area contributed by atoms with Crippen molar-refractivity contribution in [3.05, 3.63) is 35.8 Å². The zero-order valence-corrected chi connectivity index (χ0v) is 13.0. The topological polar surface area (TPSA) is 53.9 Å². The average molecular weight is 325 g/mol. The molecule has 2 aromatic rings. The zero-order chi connectivity index (χ0) is 16.8. The molecule has 8 heteroatoms. The van der Waals surface area contributed by atoms with Gasteiger partial charge in [-0.25, -0.2) is 13.2 Å². The third kappa shape index (κ3) is 4.08. The minimum absolute atomic E-state index is 0.206. The van der Waals surface area contributed by atoms with Gasteiger partial charge in [0, 0.05) is 13.1 Å². The first-order chi connectivity index (χ1) is 11.1. The Bertz CT molecular complexity index is 660. The Labute approximate surface area is 132 Å². The predicted molar refractivity (Wildman–Crippen MR) is 82.2 cm³/mol. The highest BCUT2D eigenvalue weighted by atomic mass is 19.2. The Morgan fingerprint density at radius 2 is 1.74 bits per heavy atom. The Morgan fingerprint density at radius 1 is 1.04 bits per heavy atom. The number of benzene rings is 1. The smallest absolute Gasteiger partial charge is 0.247 e. The number of hydrogen-bond donors (Lipinski definition) is 1. The molecule has 0 fully saturated rings. The largest absolute Gasteiger partial charge is 0.339 e. The number of hydrogen-bond acceptors (Lipinski definition) is 5. The molecular formula is C15H18F3N5. The van der Waals surface area contributed by atoms with Gasteiger partial charge in [0.1, 0.15) is 0 Å². The SMILES string of the molecule is CCCN(CCC)c1nncc(Nc2ccc(F)c(F)c2F)n1. The van der Waals surface area contributed by atoms with Gasteiger partial charge in [0.25, 0.3) is 0 Å². The number of anilines is 3. The number of nitrogens with zero attached hydrogens (tertiary/aromatic N) is 4. The first-order valence-corrected chi connectivity index (χ1v) is 7.42. The van der Waals surface area contributed by atoms with Crippen molar-refractivity contribution in [3.8, 4) is 0 Å². The maximum atomic E-state index is 13.7. The molecule has 0 bridgehead atoms. The molecule has 23 heavy (non-hydrogen) atoms. The van der Waals surface area contributed by atoms with Crippen LogP contribution in [0.5, 0.6) is 0 Å². The summed E-state index contributed by atoms with van der Waals surface area (Å²) in [6, 6.07) is 1.95. The second-order valence-corrected chi connectivity index (χ2v) is 4.98. The van der Waals surface area contributed by atoms with Crippen molar-refractivity contribution in [1.82, 2.24) is 15.2 Å². The van der Waals surface area contributed by atoms with E-state index in [9.17, 15) is 13.2 Å². The summed E-state index contributed by atoms with van der Waals surface area (Å²) in [5.74, 6) is -3.47. The summed E-state index contributed by atoms with van der Waals surface area (Å²) >= 11 is 0. The molecule has 0 aliphatic rings. The molecule has 0 saturated heterocycles. The lowest BCUT2D eigenvalue weighted by atomic mass is 10.3. The molecule has 0 amide bonds. The van der Waals surface area contributed by atoms with Crippen LogP contribution in [0.25, 0.3) is 0 Å². The van der Waals surface area contributed by atoms with Crippen LogP contribution in [0.1, 0.15) is 26.7 Å². The van der Waals surface area contributed by atoms with Gasteiger partial charge in [-0.05, 0) is 25.0 Å². The van der Waals surface area contributed by atoms with E-state index in [1.807, 2.05) is 18.7 Å². The third-order valence-corrected chi connectivity index (χ3v) is 3.12. The van der Waals surface area contributed by atoms with Crippen LogP contribution in [0.15, 0.2) is 18.3 Å². The van der Waals surface area contributed by atoms with E-state index in [1.54, 1.807) is 0 Å². The minimum atomic E-state index is -1.53. The van der Waals surface area contributed by atoms with Crippen LogP contribution in [0.4, 0.5) is 30.6 Å². The molecule has 0 atom stereocenters. The van der Waals surface area contributed by atoms with Crippen molar-refractivity contribution in [2.75, 3.05) is 23.3 Å². The number of nitrogens with one attached hydrogen (secondary N) is 1. The summed E-state index contributed by atoms with van der Waals surface area (Å²) in [5, 5.41) is 10.4. The summed E-state index contributed by atoms with van der Waals surface area (Å²) in [5.41, 5.74) is -0.215. The van der Waals surface area contributed by atoms with Crippen molar-refractivity contribution in [3.63, 3.8) is 0 Å². The van der Waals surface area contributed by atoms with Gasteiger partial charge in [-0.15, -0.1) is 5.10 Å². The van der Waals surface area contributed by atoms with Crippen molar-refractivity contribution < 1.29 is 13.2 Å². The van der Waals surface area contributed by atoms with Gasteiger partial charge in [0.2, 0.25) is 5.95 Å². The lowest BCUT2D eigenvalue weighted by Crippen LogP contribution is -2.27. The molecule has 2 rings (SSSR count). The second-order valence-electron chi connectivity index (χ2n) is 4.98. The van der Waals surface area contributed by atoms with E-state index in [0.717, 1.165) is 38.1 Å². The minimum Gasteiger partial charge on any atom is -0.339 e. The Morgan fingerprint density at radius 3 is 2.39 bits per heavy atom. The van der Waals surface area contributed by atoms with E-state index in [0.29, 0.717) is 5.95 Å². The average Bonchev–Trinajstić information content (AvgIpc) is 2.55. The Balaban J connectivity index is 2.24. The third-order valence-electron chi connectivity index (χ3n) is 3.12. The number of aromatic nitrogens is 3. The highest BCUT2D eigenvalue weighted by Gasteiger charge is 2.15. The predicted octanol–water partition coefficient (Wildman–Crippen LogP) is 3.66. The van der Waals surface area contributed by atoms with Crippen LogP contribution >= 0.6 is 0 Å². The van der Waals surface area contributed by atoms with Crippen LogP contribution in [-0.4, -0.2) is 28.3 Å². The van der Waals surface area contributed by atoms with Crippen molar-refractivity contribution in [2.45, 2.75) is 26.7 Å². The van der Waals surface area contributed by atoms with Crippen molar-refractivity contribution >= 4 is 17.5 Å². The van der Waals surface area contributed by atoms with Crippen LogP contribution in [0.3, 0.4) is 0 Å². The van der Waals surface area contributed by atoms with E-state index in [-0.39, 0.29) is 11.5 Å². The van der Waals surface area contributed by atoms with E-state index in [1.165, 1.54) is 6.20 Å². The van der Waals surface area contributed by atoms with Gasteiger partial charge < -0.3 is 10.2 Å². The van der Waals surface area contributed by atoms with Crippen LogP contribution < -0.4 is 10.2 Å². The van der Waals surface area contributed by atoms with E-state index in [4.69, 9.17) is 0 Å². The fraction of sp³-hybridized carbons (Fsp3) is 0.400. The molecule has 1 heterocycles. The fourth-order valence-electron chi connectivity index (χ4n) is 2.10. The molecule has 0 unspecified atom stereocenters. The first-order valence-electron chi connectivity index (χ1n) is 7.42. The highest BCUT2D eigenvalue weighted by Crippen LogP contribution is 2.23. The van der Waals surface area contributed by atoms with Crippen LogP contribution in [-0.2, 0) is 0 Å². The van der Waals surface area contributed by atoms with E-state index < -0.39 is 17.5 Å². The number of halogens is 3. The molecule has 1 N–H and O–H groups in total. The van der Waals surface area contributed by atoms with Crippen molar-refractivity contribution in [2.24, 2.45) is 0 Å². The lowest BCUT2D eigenvalue weighted by Gasteiger charge is -2.21. The maximum Gasteiger partial charge on any atom is 0.247 e. The summed E-state index contributed by atoms with van der Waals surface area (Å²) in [7, 11) is 0. The van der Waals surface area contributed by atoms with Gasteiger partial charge in [0.05, 0.1) is 11.9 Å².